The van der Waals surface area contributed by atoms with Gasteiger partial charge in [-0.1, -0.05) is 26.0 Å². The predicted octanol–water partition coefficient (Wildman–Crippen LogP) is 3.64. The van der Waals surface area contributed by atoms with Crippen LogP contribution in [0, 0.1) is 11.8 Å². The van der Waals surface area contributed by atoms with E-state index >= 15 is 0 Å². The molecule has 4 N–H and O–H groups in total. The van der Waals surface area contributed by atoms with Gasteiger partial charge in [-0.3, -0.25) is 14.7 Å². The van der Waals surface area contributed by atoms with Gasteiger partial charge in [0.1, 0.15) is 17.8 Å². The molecule has 0 spiro atoms. The van der Waals surface area contributed by atoms with Gasteiger partial charge in [0, 0.05) is 11.1 Å². The third kappa shape index (κ3) is 5.98. The van der Waals surface area contributed by atoms with Crippen molar-refractivity contribution in [3.8, 4) is 22.7 Å². The minimum absolute atomic E-state index is 0.0781. The number of rotatable bonds is 9. The molecule has 2 unspecified atom stereocenters. The maximum atomic E-state index is 13.2. The van der Waals surface area contributed by atoms with E-state index in [1.165, 1.54) is 12.3 Å². The van der Waals surface area contributed by atoms with E-state index in [-0.39, 0.29) is 23.3 Å². The first-order valence-corrected chi connectivity index (χ1v) is 11.5. The number of hydrogen-bond acceptors (Lipinski definition) is 6. The number of carboxylic acids is 1. The number of carbonyl (C=O) groups is 3. The average molecular weight is 519 g/mol. The lowest BCUT2D eigenvalue weighted by atomic mass is 10.0. The van der Waals surface area contributed by atoms with Crippen molar-refractivity contribution in [1.82, 2.24) is 25.8 Å². The Labute approximate surface area is 208 Å². The minimum Gasteiger partial charge on any atom is -0.480 e. The first-order chi connectivity index (χ1) is 17.4. The number of oxazole rings is 1. The van der Waals surface area contributed by atoms with Crippen LogP contribution in [0.1, 0.15) is 47.7 Å². The monoisotopic (exact) mass is 519 g/mol. The molecule has 0 aliphatic heterocycles. The summed E-state index contributed by atoms with van der Waals surface area (Å²) < 4.78 is 45.2. The Hall–Kier alpha value is -4.16. The highest BCUT2D eigenvalue weighted by molar-refractivity contribution is 5.95. The fourth-order valence-electron chi connectivity index (χ4n) is 3.75. The first-order valence-electron chi connectivity index (χ1n) is 11.5. The molecular formula is C24H24F3N5O5. The van der Waals surface area contributed by atoms with Crippen LogP contribution in [-0.4, -0.2) is 56.3 Å². The van der Waals surface area contributed by atoms with Crippen molar-refractivity contribution in [2.75, 3.05) is 0 Å². The molecular weight excluding hydrogens is 495 g/mol. The second kappa shape index (κ2) is 10.1. The quantitative estimate of drug-likeness (QED) is 0.337. The van der Waals surface area contributed by atoms with E-state index in [0.29, 0.717) is 29.7 Å². The standard InChI is InChI=1S/C24H24F3N5O5/c1-11(2)18(23(35)36)29-21(34)17-10-28-22(37-17)14-5-3-4-13(8-14)15-9-16(32-31-15)20(33)30-19(12-6-7-12)24(25,26)27/h3-5,8-12,18-19H,6-7H2,1-2H3,(H,29,34)(H,30,33)(H,31,32)(H,35,36). The molecule has 2 atom stereocenters. The number of alkyl halides is 3. The number of nitrogens with zero attached hydrogens (tertiary/aromatic N) is 2. The third-order valence-electron chi connectivity index (χ3n) is 5.91. The summed E-state index contributed by atoms with van der Waals surface area (Å²) in [7, 11) is 0. The first kappa shape index (κ1) is 25.9. The lowest BCUT2D eigenvalue weighted by Gasteiger charge is -2.20. The number of nitrogens with one attached hydrogen (secondary N) is 3. The molecule has 0 radical (unpaired) electrons. The Morgan fingerprint density at radius 3 is 2.43 bits per heavy atom. The number of carbonyl (C=O) groups excluding carboxylic acids is 2. The Morgan fingerprint density at radius 1 is 1.11 bits per heavy atom. The van der Waals surface area contributed by atoms with Crippen LogP contribution in [0.15, 0.2) is 40.9 Å². The zero-order chi connectivity index (χ0) is 26.9. The zero-order valence-electron chi connectivity index (χ0n) is 19.8. The molecule has 1 aromatic carbocycles. The molecule has 1 aliphatic carbocycles. The number of halogens is 3. The van der Waals surface area contributed by atoms with Gasteiger partial charge in [0.2, 0.25) is 11.7 Å². The van der Waals surface area contributed by atoms with Crippen molar-refractivity contribution < 1.29 is 37.1 Å². The Kier molecular flexibility index (Phi) is 7.05. The van der Waals surface area contributed by atoms with Crippen molar-refractivity contribution in [2.45, 2.75) is 44.9 Å². The van der Waals surface area contributed by atoms with Crippen LogP contribution >= 0.6 is 0 Å². The van der Waals surface area contributed by atoms with Crippen LogP contribution in [0.5, 0.6) is 0 Å². The maximum Gasteiger partial charge on any atom is 0.408 e. The summed E-state index contributed by atoms with van der Waals surface area (Å²) in [5.74, 6) is -3.89. The molecule has 1 aliphatic rings. The number of aromatic amines is 1. The van der Waals surface area contributed by atoms with E-state index in [2.05, 4.69) is 20.5 Å². The van der Waals surface area contributed by atoms with Gasteiger partial charge in [-0.25, -0.2) is 9.78 Å². The molecule has 196 valence electrons. The fourth-order valence-corrected chi connectivity index (χ4v) is 3.75. The van der Waals surface area contributed by atoms with Crippen LogP contribution in [0.25, 0.3) is 22.7 Å². The molecule has 0 bridgehead atoms. The third-order valence-corrected chi connectivity index (χ3v) is 5.91. The Balaban J connectivity index is 1.48. The molecule has 2 aromatic heterocycles. The predicted molar refractivity (Wildman–Crippen MR) is 123 cm³/mol. The van der Waals surface area contributed by atoms with Crippen LogP contribution < -0.4 is 10.6 Å². The van der Waals surface area contributed by atoms with Gasteiger partial charge in [0.25, 0.3) is 11.8 Å². The summed E-state index contributed by atoms with van der Waals surface area (Å²) in [5, 5.41) is 20.2. The summed E-state index contributed by atoms with van der Waals surface area (Å²) in [6, 6.07) is 4.90. The molecule has 2 amide bonds. The molecule has 13 heteroatoms. The summed E-state index contributed by atoms with van der Waals surface area (Å²) in [6.07, 6.45) is -2.55. The highest BCUT2D eigenvalue weighted by atomic mass is 19.4. The topological polar surface area (TPSA) is 150 Å². The minimum atomic E-state index is -4.54. The molecule has 1 fully saturated rings. The number of aromatic nitrogens is 3. The number of aliphatic carboxylic acids is 1. The Morgan fingerprint density at radius 2 is 1.81 bits per heavy atom. The number of benzene rings is 1. The highest BCUT2D eigenvalue weighted by Gasteiger charge is 2.49. The van der Waals surface area contributed by atoms with E-state index in [9.17, 15) is 32.7 Å². The second-order valence-corrected chi connectivity index (χ2v) is 9.14. The second-order valence-electron chi connectivity index (χ2n) is 9.14. The van der Waals surface area contributed by atoms with E-state index in [1.54, 1.807) is 38.1 Å². The van der Waals surface area contributed by atoms with Crippen LogP contribution in [-0.2, 0) is 4.79 Å². The highest BCUT2D eigenvalue weighted by Crippen LogP contribution is 2.40. The van der Waals surface area contributed by atoms with Crippen molar-refractivity contribution >= 4 is 17.8 Å². The summed E-state index contributed by atoms with van der Waals surface area (Å²) >= 11 is 0. The number of hydrogen-bond donors (Lipinski definition) is 4. The lowest BCUT2D eigenvalue weighted by Crippen LogP contribution is -2.47. The van der Waals surface area contributed by atoms with Crippen molar-refractivity contribution in [1.29, 1.82) is 0 Å². The molecule has 10 nitrogen and oxygen atoms in total. The molecule has 3 aromatic rings. The molecule has 4 rings (SSSR count). The number of carboxylic acid groups (broad SMARTS) is 1. The summed E-state index contributed by atoms with van der Waals surface area (Å²) in [6.45, 7) is 3.31. The molecule has 0 saturated heterocycles. The van der Waals surface area contributed by atoms with Gasteiger partial charge in [0.05, 0.1) is 11.9 Å². The van der Waals surface area contributed by atoms with E-state index in [1.807, 2.05) is 5.32 Å². The fraction of sp³-hybridized carbons (Fsp3) is 0.375. The van der Waals surface area contributed by atoms with E-state index in [0.717, 1.165) is 0 Å². The van der Waals surface area contributed by atoms with Crippen LogP contribution in [0.4, 0.5) is 13.2 Å². The average Bonchev–Trinajstić information content (AvgIpc) is 3.32. The molecule has 2 heterocycles. The van der Waals surface area contributed by atoms with Gasteiger partial charge < -0.3 is 20.2 Å². The molecule has 37 heavy (non-hydrogen) atoms. The van der Waals surface area contributed by atoms with Crippen LogP contribution in [0.3, 0.4) is 0 Å². The van der Waals surface area contributed by atoms with Gasteiger partial charge >= 0.3 is 12.1 Å². The Bertz CT molecular complexity index is 1310. The maximum absolute atomic E-state index is 13.2. The SMILES string of the molecule is CC(C)C(NC(=O)c1cnc(-c2cccc(-c3cc(C(=O)NC(C4CC4)C(F)(F)F)[nH]n3)c2)o1)C(=O)O. The van der Waals surface area contributed by atoms with E-state index < -0.39 is 42.0 Å². The molecule has 1 saturated carbocycles. The van der Waals surface area contributed by atoms with Gasteiger partial charge in [0.15, 0.2) is 0 Å². The smallest absolute Gasteiger partial charge is 0.408 e. The van der Waals surface area contributed by atoms with Crippen molar-refractivity contribution in [2.24, 2.45) is 11.8 Å². The summed E-state index contributed by atoms with van der Waals surface area (Å²) in [5.41, 5.74) is 1.14. The van der Waals surface area contributed by atoms with Crippen molar-refractivity contribution in [3.63, 3.8) is 0 Å². The van der Waals surface area contributed by atoms with Gasteiger partial charge in [-0.15, -0.1) is 0 Å². The zero-order valence-corrected chi connectivity index (χ0v) is 19.8. The number of amides is 2. The summed E-state index contributed by atoms with van der Waals surface area (Å²) in [4.78, 5) is 40.2. The largest absolute Gasteiger partial charge is 0.480 e. The van der Waals surface area contributed by atoms with Gasteiger partial charge in [-0.05, 0) is 42.9 Å². The lowest BCUT2D eigenvalue weighted by molar-refractivity contribution is -0.158. The van der Waals surface area contributed by atoms with Gasteiger partial charge in [-0.2, -0.15) is 18.3 Å². The number of H-pyrrole nitrogens is 1. The van der Waals surface area contributed by atoms with Crippen LogP contribution in [0.2, 0.25) is 0 Å². The normalized spacial score (nSPS) is 15.3. The van der Waals surface area contributed by atoms with Crippen molar-refractivity contribution in [3.05, 3.63) is 48.0 Å². The van der Waals surface area contributed by atoms with E-state index in [4.69, 9.17) is 4.42 Å².